The average Bonchev–Trinajstić information content (AvgIpc) is 3.27. The van der Waals surface area contributed by atoms with Crippen LogP contribution in [0.15, 0.2) is 18.6 Å². The maximum absolute atomic E-state index is 12.7. The van der Waals surface area contributed by atoms with Crippen LogP contribution in [0.1, 0.15) is 39.0 Å². The van der Waals surface area contributed by atoms with E-state index in [4.69, 9.17) is 0 Å². The van der Waals surface area contributed by atoms with E-state index in [0.29, 0.717) is 19.0 Å². The van der Waals surface area contributed by atoms with Gasteiger partial charge in [-0.3, -0.25) is 0 Å². The summed E-state index contributed by atoms with van der Waals surface area (Å²) in [6.07, 6.45) is 7.63. The second kappa shape index (κ2) is 7.27. The van der Waals surface area contributed by atoms with Gasteiger partial charge in [0.25, 0.3) is 0 Å². The number of aliphatic hydroxyl groups is 1. The minimum absolute atomic E-state index is 0.179. The van der Waals surface area contributed by atoms with Gasteiger partial charge in [-0.15, -0.1) is 0 Å². The van der Waals surface area contributed by atoms with E-state index in [2.05, 4.69) is 26.9 Å². The van der Waals surface area contributed by atoms with Crippen LogP contribution < -0.4 is 4.90 Å². The minimum Gasteiger partial charge on any atom is -0.389 e. The lowest BCUT2D eigenvalue weighted by Crippen LogP contribution is -2.40. The largest absolute Gasteiger partial charge is 0.389 e. The van der Waals surface area contributed by atoms with Gasteiger partial charge in [-0.05, 0) is 51.0 Å². The van der Waals surface area contributed by atoms with Crippen molar-refractivity contribution in [3.05, 3.63) is 18.6 Å². The van der Waals surface area contributed by atoms with Crippen LogP contribution in [0, 0.1) is 5.92 Å². The second-order valence-corrected chi connectivity index (χ2v) is 10.6. The van der Waals surface area contributed by atoms with Crippen LogP contribution in [0.4, 0.5) is 5.82 Å². The molecule has 0 radical (unpaired) electrons. The SMILES string of the molecule is CN(c1ncnc2[nH]ccc12)C1CCC(CS(=O)(=O)N2CCC(C)(O)C2)CC1. The molecule has 2 aromatic heterocycles. The third-order valence-electron chi connectivity index (χ3n) is 6.29. The lowest BCUT2D eigenvalue weighted by Gasteiger charge is -2.35. The fourth-order valence-electron chi connectivity index (χ4n) is 4.56. The maximum Gasteiger partial charge on any atom is 0.214 e. The molecule has 1 atom stereocenters. The number of fused-ring (bicyclic) bond motifs is 1. The molecule has 1 aliphatic carbocycles. The summed E-state index contributed by atoms with van der Waals surface area (Å²) in [5, 5.41) is 11.1. The molecule has 0 spiro atoms. The van der Waals surface area contributed by atoms with Gasteiger partial charge in [0, 0.05) is 32.4 Å². The van der Waals surface area contributed by atoms with E-state index in [9.17, 15) is 13.5 Å². The highest BCUT2D eigenvalue weighted by atomic mass is 32.2. The third kappa shape index (κ3) is 3.88. The highest BCUT2D eigenvalue weighted by Crippen LogP contribution is 2.33. The number of rotatable bonds is 5. The fourth-order valence-corrected chi connectivity index (χ4v) is 6.54. The van der Waals surface area contributed by atoms with E-state index < -0.39 is 15.6 Å². The number of aromatic amines is 1. The normalized spacial score (nSPS) is 29.4. The van der Waals surface area contributed by atoms with Crippen LogP contribution in [0.5, 0.6) is 0 Å². The van der Waals surface area contributed by atoms with Crippen molar-refractivity contribution in [1.29, 1.82) is 0 Å². The maximum atomic E-state index is 12.7. The van der Waals surface area contributed by atoms with Crippen molar-refractivity contribution in [3.63, 3.8) is 0 Å². The molecule has 154 valence electrons. The molecule has 0 aromatic carbocycles. The predicted molar refractivity (Wildman–Crippen MR) is 109 cm³/mol. The lowest BCUT2D eigenvalue weighted by molar-refractivity contribution is 0.0762. The number of nitrogens with zero attached hydrogens (tertiary/aromatic N) is 4. The van der Waals surface area contributed by atoms with E-state index in [1.54, 1.807) is 13.3 Å². The predicted octanol–water partition coefficient (Wildman–Crippen LogP) is 1.74. The van der Waals surface area contributed by atoms with E-state index >= 15 is 0 Å². The van der Waals surface area contributed by atoms with Crippen molar-refractivity contribution in [2.45, 2.75) is 50.7 Å². The molecule has 1 saturated carbocycles. The molecule has 1 aliphatic heterocycles. The van der Waals surface area contributed by atoms with Gasteiger partial charge in [0.15, 0.2) is 0 Å². The van der Waals surface area contributed by atoms with Crippen LogP contribution in [0.25, 0.3) is 11.0 Å². The number of hydrogen-bond acceptors (Lipinski definition) is 6. The summed E-state index contributed by atoms with van der Waals surface area (Å²) in [4.78, 5) is 14.0. The van der Waals surface area contributed by atoms with Gasteiger partial charge in [0.1, 0.15) is 17.8 Å². The zero-order chi connectivity index (χ0) is 19.9. The van der Waals surface area contributed by atoms with Crippen molar-refractivity contribution >= 4 is 26.9 Å². The van der Waals surface area contributed by atoms with Crippen molar-refractivity contribution in [1.82, 2.24) is 19.3 Å². The number of sulfonamides is 1. The number of aromatic nitrogens is 3. The Morgan fingerprint density at radius 1 is 1.32 bits per heavy atom. The lowest BCUT2D eigenvalue weighted by atomic mass is 9.86. The summed E-state index contributed by atoms with van der Waals surface area (Å²) < 4.78 is 26.9. The summed E-state index contributed by atoms with van der Waals surface area (Å²) >= 11 is 0. The highest BCUT2D eigenvalue weighted by molar-refractivity contribution is 7.89. The Bertz CT molecular complexity index is 934. The van der Waals surface area contributed by atoms with Gasteiger partial charge in [-0.1, -0.05) is 0 Å². The summed E-state index contributed by atoms with van der Waals surface area (Å²) in [5.41, 5.74) is -0.0627. The molecular weight excluding hydrogens is 378 g/mol. The second-order valence-electron chi connectivity index (χ2n) is 8.58. The molecule has 2 aliphatic rings. The van der Waals surface area contributed by atoms with E-state index in [1.807, 2.05) is 12.3 Å². The molecule has 0 bridgehead atoms. The van der Waals surface area contributed by atoms with Crippen LogP contribution in [0.2, 0.25) is 0 Å². The molecule has 8 nitrogen and oxygen atoms in total. The monoisotopic (exact) mass is 407 g/mol. The van der Waals surface area contributed by atoms with Crippen LogP contribution >= 0.6 is 0 Å². The van der Waals surface area contributed by atoms with Crippen LogP contribution in [-0.2, 0) is 10.0 Å². The van der Waals surface area contributed by atoms with Crippen LogP contribution in [0.3, 0.4) is 0 Å². The zero-order valence-corrected chi connectivity index (χ0v) is 17.3. The Labute approximate surface area is 166 Å². The third-order valence-corrected chi connectivity index (χ3v) is 8.28. The first-order valence-corrected chi connectivity index (χ1v) is 11.6. The Balaban J connectivity index is 1.36. The molecule has 3 heterocycles. The molecular formula is C19H29N5O3S. The summed E-state index contributed by atoms with van der Waals surface area (Å²) in [6.45, 7) is 2.35. The standard InChI is InChI=1S/C19H29N5O3S/c1-19(25)8-10-24(12-19)28(26,27)11-14-3-5-15(6-4-14)23(2)18-16-7-9-20-17(16)21-13-22-18/h7,9,13-15,25H,3-6,8,10-12H2,1-2H3,(H,20,21,22). The molecule has 1 unspecified atom stereocenters. The average molecular weight is 408 g/mol. The molecule has 2 aromatic rings. The smallest absolute Gasteiger partial charge is 0.214 e. The van der Waals surface area contributed by atoms with Gasteiger partial charge in [0.2, 0.25) is 10.0 Å². The molecule has 4 rings (SSSR count). The number of nitrogens with one attached hydrogen (secondary N) is 1. The summed E-state index contributed by atoms with van der Waals surface area (Å²) in [5.74, 6) is 1.29. The first-order valence-electron chi connectivity index (χ1n) is 9.96. The molecule has 2 N–H and O–H groups in total. The van der Waals surface area contributed by atoms with Crippen molar-refractivity contribution in [2.24, 2.45) is 5.92 Å². The number of H-pyrrole nitrogens is 1. The minimum atomic E-state index is -3.31. The van der Waals surface area contributed by atoms with E-state index in [1.165, 1.54) is 4.31 Å². The quantitative estimate of drug-likeness (QED) is 0.783. The number of hydrogen-bond donors (Lipinski definition) is 2. The zero-order valence-electron chi connectivity index (χ0n) is 16.5. The molecule has 9 heteroatoms. The van der Waals surface area contributed by atoms with E-state index in [-0.39, 0.29) is 18.2 Å². The Morgan fingerprint density at radius 3 is 2.75 bits per heavy atom. The first-order chi connectivity index (χ1) is 13.3. The summed E-state index contributed by atoms with van der Waals surface area (Å²) in [7, 11) is -1.25. The number of anilines is 1. The highest BCUT2D eigenvalue weighted by Gasteiger charge is 2.39. The molecule has 0 amide bonds. The van der Waals surface area contributed by atoms with Crippen molar-refractivity contribution < 1.29 is 13.5 Å². The molecule has 2 fully saturated rings. The van der Waals surface area contributed by atoms with Crippen LogP contribution in [-0.4, -0.2) is 70.3 Å². The van der Waals surface area contributed by atoms with Crippen molar-refractivity contribution in [2.75, 3.05) is 30.8 Å². The van der Waals surface area contributed by atoms with Crippen molar-refractivity contribution in [3.8, 4) is 0 Å². The van der Waals surface area contributed by atoms with Gasteiger partial charge in [-0.2, -0.15) is 4.31 Å². The Morgan fingerprint density at radius 2 is 2.07 bits per heavy atom. The first kappa shape index (κ1) is 19.6. The Hall–Kier alpha value is -1.71. The fraction of sp³-hybridized carbons (Fsp3) is 0.684. The molecule has 1 saturated heterocycles. The molecule has 28 heavy (non-hydrogen) atoms. The topological polar surface area (TPSA) is 102 Å². The van der Waals surface area contributed by atoms with Gasteiger partial charge in [0.05, 0.1) is 16.7 Å². The number of β-amino-alcohol motifs (C(OH)–C–C–N with tert-alkyl or cyclic N) is 1. The van der Waals surface area contributed by atoms with E-state index in [0.717, 1.165) is 42.5 Å². The summed E-state index contributed by atoms with van der Waals surface area (Å²) in [6, 6.07) is 2.34. The van der Waals surface area contributed by atoms with Gasteiger partial charge >= 0.3 is 0 Å². The van der Waals surface area contributed by atoms with Gasteiger partial charge in [-0.25, -0.2) is 18.4 Å². The van der Waals surface area contributed by atoms with Gasteiger partial charge < -0.3 is 15.0 Å². The Kier molecular flexibility index (Phi) is 5.09.